The SMILES string of the molecule is CCNC(=O)CN(CCOC)CC(=O)O. The number of likely N-dealkylation sites (N-methyl/N-ethyl adjacent to an activating group) is 1. The van der Waals surface area contributed by atoms with Gasteiger partial charge in [0.1, 0.15) is 0 Å². The van der Waals surface area contributed by atoms with Crippen LogP contribution in [0.25, 0.3) is 0 Å². The van der Waals surface area contributed by atoms with Gasteiger partial charge in [-0.3, -0.25) is 14.5 Å². The normalized spacial score (nSPS) is 10.3. The minimum absolute atomic E-state index is 0.0868. The molecule has 0 saturated heterocycles. The highest BCUT2D eigenvalue weighted by Crippen LogP contribution is 1.88. The van der Waals surface area contributed by atoms with Gasteiger partial charge in [-0.15, -0.1) is 0 Å². The third-order valence-electron chi connectivity index (χ3n) is 1.71. The standard InChI is InChI=1S/C9H18N2O4/c1-3-10-8(12)6-11(4-5-15-2)7-9(13)14/h3-7H2,1-2H3,(H,10,12)(H,13,14). The molecule has 0 fully saturated rings. The number of carbonyl (C=O) groups is 2. The van der Waals surface area contributed by atoms with E-state index in [2.05, 4.69) is 5.32 Å². The number of carboxylic acid groups (broad SMARTS) is 1. The minimum Gasteiger partial charge on any atom is -0.480 e. The van der Waals surface area contributed by atoms with Gasteiger partial charge in [0, 0.05) is 20.2 Å². The van der Waals surface area contributed by atoms with E-state index in [4.69, 9.17) is 9.84 Å². The number of carboxylic acids is 1. The molecule has 0 aromatic heterocycles. The molecule has 15 heavy (non-hydrogen) atoms. The molecule has 0 saturated carbocycles. The van der Waals surface area contributed by atoms with Crippen molar-refractivity contribution in [1.29, 1.82) is 0 Å². The van der Waals surface area contributed by atoms with Gasteiger partial charge in [0.25, 0.3) is 0 Å². The summed E-state index contributed by atoms with van der Waals surface area (Å²) in [5.41, 5.74) is 0. The molecule has 1 amide bonds. The van der Waals surface area contributed by atoms with Crippen LogP contribution in [-0.4, -0.2) is 61.8 Å². The number of aliphatic carboxylic acids is 1. The number of rotatable bonds is 8. The van der Waals surface area contributed by atoms with E-state index in [1.54, 1.807) is 0 Å². The van der Waals surface area contributed by atoms with Crippen molar-refractivity contribution in [3.8, 4) is 0 Å². The van der Waals surface area contributed by atoms with E-state index in [1.165, 1.54) is 12.0 Å². The summed E-state index contributed by atoms with van der Waals surface area (Å²) < 4.78 is 4.83. The van der Waals surface area contributed by atoms with Crippen molar-refractivity contribution in [2.24, 2.45) is 0 Å². The van der Waals surface area contributed by atoms with Gasteiger partial charge in [-0.1, -0.05) is 0 Å². The summed E-state index contributed by atoms with van der Waals surface area (Å²) in [7, 11) is 1.53. The van der Waals surface area contributed by atoms with Gasteiger partial charge in [-0.25, -0.2) is 0 Å². The van der Waals surface area contributed by atoms with E-state index in [0.29, 0.717) is 19.7 Å². The largest absolute Gasteiger partial charge is 0.480 e. The smallest absolute Gasteiger partial charge is 0.317 e. The number of nitrogens with zero attached hydrogens (tertiary/aromatic N) is 1. The lowest BCUT2D eigenvalue weighted by Gasteiger charge is -2.18. The number of amides is 1. The maximum absolute atomic E-state index is 11.2. The van der Waals surface area contributed by atoms with Crippen molar-refractivity contribution in [3.05, 3.63) is 0 Å². The summed E-state index contributed by atoms with van der Waals surface area (Å²) in [5, 5.41) is 11.2. The summed E-state index contributed by atoms with van der Waals surface area (Å²) >= 11 is 0. The Morgan fingerprint density at radius 2 is 2.07 bits per heavy atom. The van der Waals surface area contributed by atoms with E-state index < -0.39 is 5.97 Å². The molecule has 0 aromatic carbocycles. The van der Waals surface area contributed by atoms with Gasteiger partial charge in [-0.2, -0.15) is 0 Å². The number of ether oxygens (including phenoxy) is 1. The fourth-order valence-corrected chi connectivity index (χ4v) is 1.08. The van der Waals surface area contributed by atoms with Crippen molar-refractivity contribution in [2.45, 2.75) is 6.92 Å². The molecule has 0 atom stereocenters. The molecule has 0 aliphatic heterocycles. The van der Waals surface area contributed by atoms with Crippen LogP contribution in [0.15, 0.2) is 0 Å². The molecule has 0 heterocycles. The van der Waals surface area contributed by atoms with Gasteiger partial charge < -0.3 is 15.2 Å². The second-order valence-electron chi connectivity index (χ2n) is 3.05. The van der Waals surface area contributed by atoms with Crippen LogP contribution >= 0.6 is 0 Å². The van der Waals surface area contributed by atoms with Crippen LogP contribution in [0.5, 0.6) is 0 Å². The average Bonchev–Trinajstić information content (AvgIpc) is 2.13. The first-order chi connectivity index (χ1) is 7.10. The van der Waals surface area contributed by atoms with Crippen molar-refractivity contribution in [3.63, 3.8) is 0 Å². The summed E-state index contributed by atoms with van der Waals surface area (Å²) in [6, 6.07) is 0. The molecule has 6 heteroatoms. The van der Waals surface area contributed by atoms with E-state index >= 15 is 0 Å². The molecule has 0 bridgehead atoms. The highest BCUT2D eigenvalue weighted by molar-refractivity contribution is 5.78. The van der Waals surface area contributed by atoms with Gasteiger partial charge in [0.15, 0.2) is 0 Å². The first-order valence-electron chi connectivity index (χ1n) is 4.80. The number of carbonyl (C=O) groups excluding carboxylic acids is 1. The Kier molecular flexibility index (Phi) is 7.57. The maximum Gasteiger partial charge on any atom is 0.317 e. The predicted octanol–water partition coefficient (Wildman–Crippen LogP) is -0.844. The topological polar surface area (TPSA) is 78.9 Å². The number of hydrogen-bond donors (Lipinski definition) is 2. The molecule has 0 unspecified atom stereocenters. The Hall–Kier alpha value is -1.14. The second-order valence-corrected chi connectivity index (χ2v) is 3.05. The van der Waals surface area contributed by atoms with E-state index in [0.717, 1.165) is 0 Å². The molecule has 6 nitrogen and oxygen atoms in total. The van der Waals surface area contributed by atoms with Gasteiger partial charge in [0.2, 0.25) is 5.91 Å². The molecule has 2 N–H and O–H groups in total. The van der Waals surface area contributed by atoms with Crippen LogP contribution in [0.1, 0.15) is 6.92 Å². The van der Waals surface area contributed by atoms with Crippen LogP contribution in [-0.2, 0) is 14.3 Å². The first kappa shape index (κ1) is 13.9. The Bertz CT molecular complexity index is 208. The summed E-state index contributed by atoms with van der Waals surface area (Å²) in [6.07, 6.45) is 0. The van der Waals surface area contributed by atoms with Crippen LogP contribution in [0.2, 0.25) is 0 Å². The van der Waals surface area contributed by atoms with E-state index in [1.807, 2.05) is 6.92 Å². The molecule has 0 rings (SSSR count). The molecule has 88 valence electrons. The Balaban J connectivity index is 3.98. The Morgan fingerprint density at radius 3 is 2.53 bits per heavy atom. The quantitative estimate of drug-likeness (QED) is 0.555. The Labute approximate surface area is 89.2 Å². The highest BCUT2D eigenvalue weighted by atomic mass is 16.5. The lowest BCUT2D eigenvalue weighted by molar-refractivity contribution is -0.138. The Morgan fingerprint density at radius 1 is 1.40 bits per heavy atom. The molecule has 0 aliphatic rings. The van der Waals surface area contributed by atoms with Crippen molar-refractivity contribution in [1.82, 2.24) is 10.2 Å². The van der Waals surface area contributed by atoms with Gasteiger partial charge >= 0.3 is 5.97 Å². The minimum atomic E-state index is -0.949. The highest BCUT2D eigenvalue weighted by Gasteiger charge is 2.12. The lowest BCUT2D eigenvalue weighted by atomic mass is 10.4. The monoisotopic (exact) mass is 218 g/mol. The molecule has 0 aliphatic carbocycles. The van der Waals surface area contributed by atoms with Gasteiger partial charge in [-0.05, 0) is 6.92 Å². The maximum atomic E-state index is 11.2. The van der Waals surface area contributed by atoms with E-state index in [9.17, 15) is 9.59 Å². The van der Waals surface area contributed by atoms with Crippen LogP contribution < -0.4 is 5.32 Å². The van der Waals surface area contributed by atoms with Crippen LogP contribution in [0, 0.1) is 0 Å². The van der Waals surface area contributed by atoms with E-state index in [-0.39, 0.29) is 19.0 Å². The third kappa shape index (κ3) is 7.90. The fourth-order valence-electron chi connectivity index (χ4n) is 1.08. The predicted molar refractivity (Wildman–Crippen MR) is 54.6 cm³/mol. The van der Waals surface area contributed by atoms with Crippen molar-refractivity contribution < 1.29 is 19.4 Å². The zero-order chi connectivity index (χ0) is 11.7. The molecule has 0 spiro atoms. The summed E-state index contributed by atoms with van der Waals surface area (Å²) in [5.74, 6) is -1.12. The number of hydrogen-bond acceptors (Lipinski definition) is 4. The number of nitrogens with one attached hydrogen (secondary N) is 1. The van der Waals surface area contributed by atoms with Crippen LogP contribution in [0.4, 0.5) is 0 Å². The second kappa shape index (κ2) is 8.19. The lowest BCUT2D eigenvalue weighted by Crippen LogP contribution is -2.41. The molecular weight excluding hydrogens is 200 g/mol. The molecule has 0 radical (unpaired) electrons. The molecule has 0 aromatic rings. The zero-order valence-corrected chi connectivity index (χ0v) is 9.15. The molecular formula is C9H18N2O4. The third-order valence-corrected chi connectivity index (χ3v) is 1.71. The van der Waals surface area contributed by atoms with Crippen molar-refractivity contribution >= 4 is 11.9 Å². The van der Waals surface area contributed by atoms with Crippen molar-refractivity contribution in [2.75, 3.05) is 39.9 Å². The van der Waals surface area contributed by atoms with Crippen LogP contribution in [0.3, 0.4) is 0 Å². The zero-order valence-electron chi connectivity index (χ0n) is 9.15. The number of methoxy groups -OCH3 is 1. The summed E-state index contributed by atoms with van der Waals surface area (Å²) in [6.45, 7) is 3.13. The first-order valence-corrected chi connectivity index (χ1v) is 4.80. The fraction of sp³-hybridized carbons (Fsp3) is 0.778. The van der Waals surface area contributed by atoms with Gasteiger partial charge in [0.05, 0.1) is 19.7 Å². The summed E-state index contributed by atoms with van der Waals surface area (Å²) in [4.78, 5) is 23.2. The average molecular weight is 218 g/mol.